The van der Waals surface area contributed by atoms with Crippen LogP contribution in [0.1, 0.15) is 41.5 Å². The van der Waals surface area contributed by atoms with Gasteiger partial charge in [-0.1, -0.05) is 36.4 Å². The van der Waals surface area contributed by atoms with Crippen molar-refractivity contribution in [1.29, 1.82) is 0 Å². The van der Waals surface area contributed by atoms with E-state index in [0.717, 1.165) is 13.0 Å². The Bertz CT molecular complexity index is 637. The molecule has 1 aliphatic carbocycles. The Morgan fingerprint density at radius 1 is 1.00 bits per heavy atom. The highest BCUT2D eigenvalue weighted by Gasteiger charge is 2.33. The molecular weight excluding hydrogens is 258 g/mol. The molecule has 21 heavy (non-hydrogen) atoms. The van der Waals surface area contributed by atoms with Gasteiger partial charge >= 0.3 is 0 Å². The number of aryl methyl sites for hydroxylation is 1. The minimum absolute atomic E-state index is 0.401. The Morgan fingerprint density at radius 3 is 2.71 bits per heavy atom. The van der Waals surface area contributed by atoms with Gasteiger partial charge in [-0.2, -0.15) is 0 Å². The molecule has 4 rings (SSSR count). The molecule has 1 heterocycles. The summed E-state index contributed by atoms with van der Waals surface area (Å²) in [6, 6.07) is 17.4. The van der Waals surface area contributed by atoms with Gasteiger partial charge in [0, 0.05) is 12.6 Å². The molecule has 2 aromatic rings. The lowest BCUT2D eigenvalue weighted by molar-refractivity contribution is 0.242. The lowest BCUT2D eigenvalue weighted by Gasteiger charge is -2.25. The van der Waals surface area contributed by atoms with Crippen molar-refractivity contribution >= 4 is 0 Å². The zero-order valence-electron chi connectivity index (χ0n) is 12.2. The van der Waals surface area contributed by atoms with Gasteiger partial charge in [-0.25, -0.2) is 0 Å². The summed E-state index contributed by atoms with van der Waals surface area (Å²) in [5, 5.41) is 9.63. The number of likely N-dealkylation sites (tertiary alicyclic amines) is 1. The van der Waals surface area contributed by atoms with E-state index >= 15 is 0 Å². The number of benzene rings is 2. The summed E-state index contributed by atoms with van der Waals surface area (Å²) in [5.74, 6) is 1.07. The van der Waals surface area contributed by atoms with Crippen LogP contribution in [-0.2, 0) is 6.42 Å². The summed E-state index contributed by atoms with van der Waals surface area (Å²) in [5.41, 5.74) is 4.24. The Labute approximate surface area is 126 Å². The minimum Gasteiger partial charge on any atom is -0.508 e. The predicted octanol–water partition coefficient (Wildman–Crippen LogP) is 3.87. The zero-order chi connectivity index (χ0) is 14.2. The smallest absolute Gasteiger partial charge is 0.115 e. The van der Waals surface area contributed by atoms with E-state index in [1.165, 1.54) is 36.1 Å². The van der Waals surface area contributed by atoms with Crippen LogP contribution in [-0.4, -0.2) is 23.1 Å². The van der Waals surface area contributed by atoms with Crippen molar-refractivity contribution < 1.29 is 5.11 Å². The van der Waals surface area contributed by atoms with Gasteiger partial charge in [-0.3, -0.25) is 4.90 Å². The number of phenolic OH excluding ortho intramolecular Hbond substituents is 1. The maximum atomic E-state index is 9.63. The van der Waals surface area contributed by atoms with E-state index in [9.17, 15) is 5.11 Å². The van der Waals surface area contributed by atoms with Crippen molar-refractivity contribution in [3.63, 3.8) is 0 Å². The van der Waals surface area contributed by atoms with Crippen molar-refractivity contribution in [2.24, 2.45) is 0 Å². The summed E-state index contributed by atoms with van der Waals surface area (Å²) in [6.07, 6.45) is 3.55. The maximum Gasteiger partial charge on any atom is 0.115 e. The molecular formula is C19H21NO. The van der Waals surface area contributed by atoms with E-state index in [4.69, 9.17) is 0 Å². The van der Waals surface area contributed by atoms with Crippen molar-refractivity contribution in [3.8, 4) is 5.75 Å². The fraction of sp³-hybridized carbons (Fsp3) is 0.368. The van der Waals surface area contributed by atoms with Gasteiger partial charge in [-0.05, 0) is 60.5 Å². The third kappa shape index (κ3) is 2.34. The van der Waals surface area contributed by atoms with Crippen LogP contribution in [0.15, 0.2) is 48.5 Å². The second kappa shape index (κ2) is 5.19. The topological polar surface area (TPSA) is 23.5 Å². The van der Waals surface area contributed by atoms with Gasteiger partial charge in [-0.15, -0.1) is 0 Å². The second-order valence-corrected chi connectivity index (χ2v) is 6.33. The SMILES string of the molecule is Oc1ccc2c(c1)CCC2N1CCC(c2ccccc2)C1. The number of fused-ring (bicyclic) bond motifs is 1. The molecule has 0 saturated carbocycles. The first-order valence-electron chi connectivity index (χ1n) is 7.92. The molecule has 2 heteroatoms. The van der Waals surface area contributed by atoms with E-state index in [0.29, 0.717) is 17.7 Å². The summed E-state index contributed by atoms with van der Waals surface area (Å²) in [7, 11) is 0. The van der Waals surface area contributed by atoms with E-state index in [2.05, 4.69) is 41.3 Å². The highest BCUT2D eigenvalue weighted by molar-refractivity contribution is 5.40. The lowest BCUT2D eigenvalue weighted by atomic mass is 9.98. The van der Waals surface area contributed by atoms with E-state index in [-0.39, 0.29) is 0 Å². The van der Waals surface area contributed by atoms with E-state index < -0.39 is 0 Å². The van der Waals surface area contributed by atoms with E-state index in [1.807, 2.05) is 12.1 Å². The van der Waals surface area contributed by atoms with Crippen molar-refractivity contribution in [2.45, 2.75) is 31.2 Å². The first-order chi connectivity index (χ1) is 10.3. The first kappa shape index (κ1) is 12.9. The Kier molecular flexibility index (Phi) is 3.19. The predicted molar refractivity (Wildman–Crippen MR) is 84.5 cm³/mol. The molecule has 108 valence electrons. The molecule has 1 N–H and O–H groups in total. The molecule has 0 radical (unpaired) electrons. The molecule has 1 fully saturated rings. The second-order valence-electron chi connectivity index (χ2n) is 6.33. The first-order valence-corrected chi connectivity index (χ1v) is 7.92. The number of phenols is 1. The average Bonchev–Trinajstić information content (AvgIpc) is 3.13. The fourth-order valence-electron chi connectivity index (χ4n) is 4.03. The number of hydrogen-bond donors (Lipinski definition) is 1. The summed E-state index contributed by atoms with van der Waals surface area (Å²) in [4.78, 5) is 2.64. The molecule has 2 aromatic carbocycles. The van der Waals surface area contributed by atoms with E-state index in [1.54, 1.807) is 0 Å². The minimum atomic E-state index is 0.401. The van der Waals surface area contributed by atoms with Crippen molar-refractivity contribution in [2.75, 3.05) is 13.1 Å². The maximum absolute atomic E-state index is 9.63. The molecule has 2 atom stereocenters. The molecule has 0 aromatic heterocycles. The van der Waals surface area contributed by atoms with Gasteiger partial charge in [0.1, 0.15) is 5.75 Å². The molecule has 2 unspecified atom stereocenters. The summed E-state index contributed by atoms with van der Waals surface area (Å²) in [6.45, 7) is 2.35. The number of aromatic hydroxyl groups is 1. The van der Waals surface area contributed by atoms with Gasteiger partial charge in [0.05, 0.1) is 0 Å². The monoisotopic (exact) mass is 279 g/mol. The van der Waals surface area contributed by atoms with Crippen LogP contribution in [0, 0.1) is 0 Å². The molecule has 0 spiro atoms. The van der Waals surface area contributed by atoms with Crippen LogP contribution < -0.4 is 0 Å². The molecule has 2 nitrogen and oxygen atoms in total. The standard InChI is InChI=1S/C19H21NO/c21-17-7-8-18-15(12-17)6-9-19(18)20-11-10-16(13-20)14-4-2-1-3-5-14/h1-5,7-8,12,16,19,21H,6,9-11,13H2. The average molecular weight is 279 g/mol. The number of rotatable bonds is 2. The largest absolute Gasteiger partial charge is 0.508 e. The number of hydrogen-bond acceptors (Lipinski definition) is 2. The van der Waals surface area contributed by atoms with Crippen LogP contribution in [0.2, 0.25) is 0 Å². The fourth-order valence-corrected chi connectivity index (χ4v) is 4.03. The number of nitrogens with zero attached hydrogens (tertiary/aromatic N) is 1. The molecule has 0 bridgehead atoms. The van der Waals surface area contributed by atoms with Gasteiger partial charge in [0.25, 0.3) is 0 Å². The van der Waals surface area contributed by atoms with Crippen LogP contribution in [0.4, 0.5) is 0 Å². The third-order valence-electron chi connectivity index (χ3n) is 5.10. The lowest BCUT2D eigenvalue weighted by Crippen LogP contribution is -2.24. The molecule has 0 amide bonds. The summed E-state index contributed by atoms with van der Waals surface area (Å²) < 4.78 is 0. The molecule has 1 saturated heterocycles. The van der Waals surface area contributed by atoms with Crippen LogP contribution in [0.5, 0.6) is 5.75 Å². The van der Waals surface area contributed by atoms with Crippen LogP contribution in [0.25, 0.3) is 0 Å². The van der Waals surface area contributed by atoms with Gasteiger partial charge < -0.3 is 5.11 Å². The summed E-state index contributed by atoms with van der Waals surface area (Å²) >= 11 is 0. The Morgan fingerprint density at radius 2 is 1.86 bits per heavy atom. The van der Waals surface area contributed by atoms with Crippen LogP contribution >= 0.6 is 0 Å². The Hall–Kier alpha value is -1.80. The highest BCUT2D eigenvalue weighted by Crippen LogP contribution is 2.41. The van der Waals surface area contributed by atoms with Gasteiger partial charge in [0.15, 0.2) is 0 Å². The van der Waals surface area contributed by atoms with Gasteiger partial charge in [0.2, 0.25) is 0 Å². The third-order valence-corrected chi connectivity index (χ3v) is 5.10. The highest BCUT2D eigenvalue weighted by atomic mass is 16.3. The molecule has 2 aliphatic rings. The normalized spacial score (nSPS) is 25.1. The van der Waals surface area contributed by atoms with Crippen molar-refractivity contribution in [3.05, 3.63) is 65.2 Å². The Balaban J connectivity index is 1.53. The van der Waals surface area contributed by atoms with Crippen LogP contribution in [0.3, 0.4) is 0 Å². The zero-order valence-corrected chi connectivity index (χ0v) is 12.2. The molecule has 1 aliphatic heterocycles. The quantitative estimate of drug-likeness (QED) is 0.902. The van der Waals surface area contributed by atoms with Crippen molar-refractivity contribution in [1.82, 2.24) is 4.90 Å².